The molecule has 11 heteroatoms. The predicted molar refractivity (Wildman–Crippen MR) is 128 cm³/mol. The molecule has 0 radical (unpaired) electrons. The van der Waals surface area contributed by atoms with Crippen molar-refractivity contribution >= 4 is 28.9 Å². The number of amides is 1. The number of piperazine rings is 1. The van der Waals surface area contributed by atoms with Gasteiger partial charge >= 0.3 is 5.97 Å². The van der Waals surface area contributed by atoms with Crippen LogP contribution in [0.2, 0.25) is 0 Å². The van der Waals surface area contributed by atoms with E-state index in [1.165, 1.54) is 12.1 Å². The summed E-state index contributed by atoms with van der Waals surface area (Å²) in [4.78, 5) is 43.5. The Balaban J connectivity index is 1.24. The lowest BCUT2D eigenvalue weighted by molar-refractivity contribution is -0.384. The van der Waals surface area contributed by atoms with E-state index < -0.39 is 10.9 Å². The maximum absolute atomic E-state index is 12.5. The van der Waals surface area contributed by atoms with Crippen LogP contribution in [-0.4, -0.2) is 69.1 Å². The molecule has 1 aromatic carbocycles. The van der Waals surface area contributed by atoms with Crippen LogP contribution in [0.15, 0.2) is 30.3 Å². The molecule has 0 bridgehead atoms. The molecule has 0 aliphatic carbocycles. The van der Waals surface area contributed by atoms with Crippen molar-refractivity contribution in [1.82, 2.24) is 19.5 Å². The third-order valence-electron chi connectivity index (χ3n) is 6.28. The van der Waals surface area contributed by atoms with Gasteiger partial charge in [-0.1, -0.05) is 0 Å². The molecule has 1 saturated heterocycles. The van der Waals surface area contributed by atoms with E-state index in [9.17, 15) is 19.7 Å². The number of carbonyl (C=O) groups is 2. The first-order valence-corrected chi connectivity index (χ1v) is 11.5. The molecule has 0 atom stereocenters. The van der Waals surface area contributed by atoms with Crippen molar-refractivity contribution in [3.05, 3.63) is 63.1 Å². The molecular formula is C24H28N6O5. The lowest BCUT2D eigenvalue weighted by Gasteiger charge is -2.36. The van der Waals surface area contributed by atoms with E-state index in [4.69, 9.17) is 4.74 Å². The fourth-order valence-electron chi connectivity index (χ4n) is 4.33. The monoisotopic (exact) mass is 480 g/mol. The molecule has 184 valence electrons. The van der Waals surface area contributed by atoms with E-state index in [0.29, 0.717) is 32.6 Å². The number of nitro benzene ring substituents is 1. The van der Waals surface area contributed by atoms with Gasteiger partial charge in [0.1, 0.15) is 0 Å². The van der Waals surface area contributed by atoms with Crippen molar-refractivity contribution in [2.24, 2.45) is 0 Å². The SMILES string of the molecule is Cc1cc2nc(C)c(CCC(=O)OCC(=O)N3CCN(c4ccc([N+](=O)[O-])cc4)CC3)c(C)n2n1. The zero-order valence-electron chi connectivity index (χ0n) is 20.1. The van der Waals surface area contributed by atoms with Crippen LogP contribution in [0.5, 0.6) is 0 Å². The summed E-state index contributed by atoms with van der Waals surface area (Å²) < 4.78 is 7.03. The number of aromatic nitrogens is 3. The summed E-state index contributed by atoms with van der Waals surface area (Å²) in [6.45, 7) is 7.65. The molecule has 11 nitrogen and oxygen atoms in total. The number of carbonyl (C=O) groups excluding carboxylic acids is 2. The highest BCUT2D eigenvalue weighted by Gasteiger charge is 2.23. The van der Waals surface area contributed by atoms with Crippen LogP contribution >= 0.6 is 0 Å². The Morgan fingerprint density at radius 3 is 2.43 bits per heavy atom. The van der Waals surface area contributed by atoms with Crippen LogP contribution < -0.4 is 4.90 Å². The number of rotatable bonds is 7. The molecule has 1 aliphatic heterocycles. The van der Waals surface area contributed by atoms with Gasteiger partial charge in [-0.15, -0.1) is 0 Å². The second-order valence-corrected chi connectivity index (χ2v) is 8.62. The minimum Gasteiger partial charge on any atom is -0.456 e. The molecule has 2 aromatic heterocycles. The van der Waals surface area contributed by atoms with Crippen LogP contribution in [0.3, 0.4) is 0 Å². The normalized spacial score (nSPS) is 13.8. The number of aryl methyl sites for hydroxylation is 3. The summed E-state index contributed by atoms with van der Waals surface area (Å²) in [5.74, 6) is -0.664. The number of esters is 1. The lowest BCUT2D eigenvalue weighted by atomic mass is 10.1. The molecule has 1 amide bonds. The molecule has 4 rings (SSSR count). The second-order valence-electron chi connectivity index (χ2n) is 8.62. The second kappa shape index (κ2) is 10.1. The van der Waals surface area contributed by atoms with Gasteiger partial charge in [0.25, 0.3) is 11.6 Å². The Kier molecular flexibility index (Phi) is 6.94. The van der Waals surface area contributed by atoms with Crippen LogP contribution in [0.4, 0.5) is 11.4 Å². The summed E-state index contributed by atoms with van der Waals surface area (Å²) in [5, 5.41) is 15.3. The third-order valence-corrected chi connectivity index (χ3v) is 6.28. The standard InChI is InChI=1S/C24H28N6O5/c1-16-14-22-25-17(2)21(18(3)29(22)26-16)8-9-24(32)35-15-23(31)28-12-10-27(11-13-28)19-4-6-20(7-5-19)30(33)34/h4-7,14H,8-13,15H2,1-3H3. The number of nitro groups is 1. The fraction of sp³-hybridized carbons (Fsp3) is 0.417. The van der Waals surface area contributed by atoms with Gasteiger partial charge in [-0.2, -0.15) is 5.10 Å². The van der Waals surface area contributed by atoms with Crippen molar-refractivity contribution in [1.29, 1.82) is 0 Å². The van der Waals surface area contributed by atoms with Gasteiger partial charge in [-0.3, -0.25) is 19.7 Å². The minimum atomic E-state index is -0.432. The van der Waals surface area contributed by atoms with Gasteiger partial charge in [0.2, 0.25) is 0 Å². The van der Waals surface area contributed by atoms with E-state index in [1.807, 2.05) is 26.8 Å². The number of fused-ring (bicyclic) bond motifs is 1. The zero-order chi connectivity index (χ0) is 25.1. The minimum absolute atomic E-state index is 0.0444. The Hall–Kier alpha value is -4.02. The maximum Gasteiger partial charge on any atom is 0.306 e. The third kappa shape index (κ3) is 5.39. The van der Waals surface area contributed by atoms with Crippen LogP contribution in [0.25, 0.3) is 5.65 Å². The maximum atomic E-state index is 12.5. The van der Waals surface area contributed by atoms with Crippen molar-refractivity contribution in [2.75, 3.05) is 37.7 Å². The molecule has 35 heavy (non-hydrogen) atoms. The van der Waals surface area contributed by atoms with Gasteiger partial charge in [0, 0.05) is 67.9 Å². The molecule has 0 saturated carbocycles. The summed E-state index contributed by atoms with van der Waals surface area (Å²) in [6, 6.07) is 8.28. The first-order valence-electron chi connectivity index (χ1n) is 11.5. The molecule has 0 unspecified atom stereocenters. The molecule has 3 heterocycles. The summed E-state index contributed by atoms with van der Waals surface area (Å²) in [6.07, 6.45) is 0.608. The van der Waals surface area contributed by atoms with E-state index >= 15 is 0 Å². The molecule has 3 aromatic rings. The molecule has 1 aliphatic rings. The Labute approximate surface area is 202 Å². The first-order chi connectivity index (χ1) is 16.7. The predicted octanol–water partition coefficient (Wildman–Crippen LogP) is 2.39. The number of anilines is 1. The summed E-state index contributed by atoms with van der Waals surface area (Å²) in [5.41, 5.74) is 5.32. The number of ether oxygens (including phenoxy) is 1. The highest BCUT2D eigenvalue weighted by molar-refractivity contribution is 5.81. The molecule has 1 fully saturated rings. The van der Waals surface area contributed by atoms with Crippen molar-refractivity contribution < 1.29 is 19.2 Å². The summed E-state index contributed by atoms with van der Waals surface area (Å²) >= 11 is 0. The number of hydrogen-bond acceptors (Lipinski definition) is 8. The Morgan fingerprint density at radius 2 is 1.77 bits per heavy atom. The molecule has 0 spiro atoms. The van der Waals surface area contributed by atoms with Crippen molar-refractivity contribution in [2.45, 2.75) is 33.6 Å². The Bertz CT molecular complexity index is 1260. The van der Waals surface area contributed by atoms with Gasteiger partial charge in [0.05, 0.1) is 10.6 Å². The highest BCUT2D eigenvalue weighted by atomic mass is 16.6. The zero-order valence-corrected chi connectivity index (χ0v) is 20.1. The van der Waals surface area contributed by atoms with E-state index in [0.717, 1.165) is 34.0 Å². The first kappa shape index (κ1) is 24.1. The highest BCUT2D eigenvalue weighted by Crippen LogP contribution is 2.21. The van der Waals surface area contributed by atoms with E-state index in [2.05, 4.69) is 15.0 Å². The van der Waals surface area contributed by atoms with Crippen LogP contribution in [0.1, 0.15) is 29.1 Å². The lowest BCUT2D eigenvalue weighted by Crippen LogP contribution is -2.49. The number of nitrogens with zero attached hydrogens (tertiary/aromatic N) is 6. The van der Waals surface area contributed by atoms with Gasteiger partial charge in [0.15, 0.2) is 12.3 Å². The van der Waals surface area contributed by atoms with Crippen LogP contribution in [0, 0.1) is 30.9 Å². The van der Waals surface area contributed by atoms with Crippen LogP contribution in [-0.2, 0) is 20.7 Å². The number of non-ortho nitro benzene ring substituents is 1. The van der Waals surface area contributed by atoms with E-state index in [1.54, 1.807) is 21.5 Å². The molecular weight excluding hydrogens is 452 g/mol. The van der Waals surface area contributed by atoms with Gasteiger partial charge in [-0.05, 0) is 44.9 Å². The molecule has 0 N–H and O–H groups in total. The van der Waals surface area contributed by atoms with Crippen molar-refractivity contribution in [3.8, 4) is 0 Å². The average molecular weight is 481 g/mol. The fourth-order valence-corrected chi connectivity index (χ4v) is 4.33. The van der Waals surface area contributed by atoms with E-state index in [-0.39, 0.29) is 24.6 Å². The summed E-state index contributed by atoms with van der Waals surface area (Å²) in [7, 11) is 0. The Morgan fingerprint density at radius 1 is 1.09 bits per heavy atom. The number of benzene rings is 1. The average Bonchev–Trinajstić information content (AvgIpc) is 3.22. The smallest absolute Gasteiger partial charge is 0.306 e. The van der Waals surface area contributed by atoms with Gasteiger partial charge in [-0.25, -0.2) is 9.50 Å². The van der Waals surface area contributed by atoms with Crippen molar-refractivity contribution in [3.63, 3.8) is 0 Å². The number of hydrogen-bond donors (Lipinski definition) is 0. The topological polar surface area (TPSA) is 123 Å². The van der Waals surface area contributed by atoms with Gasteiger partial charge < -0.3 is 14.5 Å². The largest absolute Gasteiger partial charge is 0.456 e. The quantitative estimate of drug-likeness (QED) is 0.287.